The smallest absolute Gasteiger partial charge is 0.478 e. The van der Waals surface area contributed by atoms with Crippen LogP contribution in [-0.2, 0) is 4.79 Å². The fourth-order valence-electron chi connectivity index (χ4n) is 2.02. The lowest BCUT2D eigenvalue weighted by molar-refractivity contribution is -0.128. The van der Waals surface area contributed by atoms with E-state index < -0.39 is 17.7 Å². The van der Waals surface area contributed by atoms with Crippen molar-refractivity contribution in [2.24, 2.45) is 0 Å². The third kappa shape index (κ3) is 3.92. The van der Waals surface area contributed by atoms with Gasteiger partial charge in [0.1, 0.15) is 5.75 Å². The second-order valence-corrected chi connectivity index (χ2v) is 7.15. The zero-order valence-electron chi connectivity index (χ0n) is 13.6. The molecule has 1 aliphatic rings. The molecule has 0 fully saturated rings. The lowest BCUT2D eigenvalue weighted by atomic mass is 10.1. The number of halogens is 1. The van der Waals surface area contributed by atoms with Gasteiger partial charge in [0.05, 0.1) is 0 Å². The quantitative estimate of drug-likeness (QED) is 0.733. The molecule has 2 heterocycles. The molecule has 3 rings (SSSR count). The molecule has 0 radical (unpaired) electrons. The van der Waals surface area contributed by atoms with Crippen molar-refractivity contribution >= 4 is 40.1 Å². The van der Waals surface area contributed by atoms with Crippen molar-refractivity contribution in [3.63, 3.8) is 0 Å². The van der Waals surface area contributed by atoms with Crippen molar-refractivity contribution in [3.8, 4) is 23.1 Å². The number of benzene rings is 1. The first kappa shape index (κ1) is 18.1. The van der Waals surface area contributed by atoms with Gasteiger partial charge < -0.3 is 24.1 Å². The summed E-state index contributed by atoms with van der Waals surface area (Å²) in [5.41, 5.74) is -1.26. The highest BCUT2D eigenvalue weighted by Crippen LogP contribution is 2.37. The van der Waals surface area contributed by atoms with Crippen LogP contribution in [0.3, 0.4) is 0 Å². The summed E-state index contributed by atoms with van der Waals surface area (Å²) >= 11 is 6.70. The topological polar surface area (TPSA) is 116 Å². The summed E-state index contributed by atoms with van der Waals surface area (Å²) in [5.74, 6) is 0.738. The van der Waals surface area contributed by atoms with Crippen molar-refractivity contribution in [2.45, 2.75) is 19.4 Å². The highest BCUT2D eigenvalue weighted by atomic mass is 35.5. The second kappa shape index (κ2) is 6.89. The summed E-state index contributed by atoms with van der Waals surface area (Å²) in [6.45, 7) is 3.27. The summed E-state index contributed by atoms with van der Waals surface area (Å²) in [6, 6.07) is 4.96. The van der Waals surface area contributed by atoms with Crippen LogP contribution in [0.4, 0.5) is 9.93 Å². The van der Waals surface area contributed by atoms with Crippen LogP contribution in [0.25, 0.3) is 0 Å². The van der Waals surface area contributed by atoms with Gasteiger partial charge in [-0.05, 0) is 26.0 Å². The fourth-order valence-corrected chi connectivity index (χ4v) is 2.93. The molecule has 26 heavy (non-hydrogen) atoms. The minimum atomic E-state index is -1.55. The first-order valence-electron chi connectivity index (χ1n) is 7.22. The number of thiazole rings is 1. The van der Waals surface area contributed by atoms with E-state index >= 15 is 0 Å². The maximum absolute atomic E-state index is 12.5. The van der Waals surface area contributed by atoms with Crippen molar-refractivity contribution in [1.29, 1.82) is 0 Å². The number of aromatic nitrogens is 1. The third-order valence-electron chi connectivity index (χ3n) is 3.23. The molecule has 138 valence electrons. The number of nitrogens with one attached hydrogen (secondary N) is 1. The van der Waals surface area contributed by atoms with Gasteiger partial charge in [-0.3, -0.25) is 10.1 Å². The molecular formula is C15H13ClN2O7S. The van der Waals surface area contributed by atoms with Crippen LogP contribution in [0.1, 0.15) is 13.8 Å². The average molecular weight is 401 g/mol. The van der Waals surface area contributed by atoms with Crippen molar-refractivity contribution < 1.29 is 33.6 Å². The Morgan fingerprint density at radius 1 is 1.35 bits per heavy atom. The summed E-state index contributed by atoms with van der Waals surface area (Å²) < 4.78 is 20.6. The van der Waals surface area contributed by atoms with Crippen molar-refractivity contribution in [3.05, 3.63) is 22.5 Å². The second-order valence-electron chi connectivity index (χ2n) is 5.55. The van der Waals surface area contributed by atoms with Crippen LogP contribution in [0, 0.1) is 0 Å². The van der Waals surface area contributed by atoms with E-state index in [0.717, 1.165) is 11.3 Å². The third-order valence-corrected chi connectivity index (χ3v) is 4.36. The summed E-state index contributed by atoms with van der Waals surface area (Å²) in [4.78, 5) is 26.9. The number of carbonyl (C=O) groups is 2. The van der Waals surface area contributed by atoms with Crippen molar-refractivity contribution in [1.82, 2.24) is 4.98 Å². The molecule has 0 unspecified atom stereocenters. The number of ether oxygens (including phenoxy) is 4. The molecule has 0 bridgehead atoms. The molecule has 0 aliphatic carbocycles. The molecule has 0 atom stereocenters. The lowest BCUT2D eigenvalue weighted by Gasteiger charge is -2.24. The first-order valence-corrected chi connectivity index (χ1v) is 8.41. The highest BCUT2D eigenvalue weighted by molar-refractivity contribution is 7.20. The Hall–Kier alpha value is -2.72. The van der Waals surface area contributed by atoms with Gasteiger partial charge in [-0.15, -0.1) is 0 Å². The Bertz CT molecular complexity index is 868. The number of rotatable bonds is 5. The number of hydrogen-bond donors (Lipinski definition) is 2. The van der Waals surface area contributed by atoms with E-state index in [4.69, 9.17) is 30.9 Å². The largest absolute Gasteiger partial charge is 0.512 e. The minimum Gasteiger partial charge on any atom is -0.478 e. The molecule has 0 spiro atoms. The van der Waals surface area contributed by atoms with E-state index in [9.17, 15) is 9.59 Å². The maximum Gasteiger partial charge on any atom is 0.512 e. The van der Waals surface area contributed by atoms with Crippen molar-refractivity contribution in [2.75, 3.05) is 12.1 Å². The molecule has 0 saturated carbocycles. The number of fused-ring (bicyclic) bond motifs is 1. The Labute approximate surface area is 156 Å². The molecule has 1 aromatic heterocycles. The average Bonchev–Trinajstić information content (AvgIpc) is 3.13. The predicted molar refractivity (Wildman–Crippen MR) is 91.7 cm³/mol. The predicted octanol–water partition coefficient (Wildman–Crippen LogP) is 3.38. The number of hydrogen-bond acceptors (Lipinski definition) is 8. The standard InChI is InChI=1S/C15H13ClN2O7S/c1-15(2,25-7-3-4-8-9(5-7)23-6-22-8)12(19)18-13-17-11(10(16)26-13)24-14(20)21/h3-5H,6H2,1-2H3,(H,20,21)(H,17,18,19). The lowest BCUT2D eigenvalue weighted by Crippen LogP contribution is -2.42. The van der Waals surface area contributed by atoms with E-state index in [2.05, 4.69) is 15.0 Å². The Morgan fingerprint density at radius 2 is 2.08 bits per heavy atom. The van der Waals surface area contributed by atoms with Gasteiger partial charge in [0.2, 0.25) is 6.79 Å². The Morgan fingerprint density at radius 3 is 2.81 bits per heavy atom. The molecule has 11 heteroatoms. The molecule has 1 aliphatic heterocycles. The van der Waals surface area contributed by atoms with Crippen LogP contribution in [0.5, 0.6) is 23.1 Å². The number of carbonyl (C=O) groups excluding carboxylic acids is 1. The molecule has 9 nitrogen and oxygen atoms in total. The van der Waals surface area contributed by atoms with Gasteiger partial charge in [0.25, 0.3) is 11.8 Å². The minimum absolute atomic E-state index is 0.00260. The van der Waals surface area contributed by atoms with Crippen LogP contribution in [-0.4, -0.2) is 34.5 Å². The van der Waals surface area contributed by atoms with Gasteiger partial charge in [-0.1, -0.05) is 22.9 Å². The molecule has 0 saturated heterocycles. The van der Waals surface area contributed by atoms with Gasteiger partial charge in [-0.25, -0.2) is 4.79 Å². The Kier molecular flexibility index (Phi) is 4.79. The molecule has 2 aromatic rings. The van der Waals surface area contributed by atoms with Crippen LogP contribution >= 0.6 is 22.9 Å². The number of nitrogens with zero attached hydrogens (tertiary/aromatic N) is 1. The van der Waals surface area contributed by atoms with E-state index in [0.29, 0.717) is 17.2 Å². The van der Waals surface area contributed by atoms with Gasteiger partial charge in [0, 0.05) is 6.07 Å². The number of carboxylic acid groups (broad SMARTS) is 1. The summed E-state index contributed by atoms with van der Waals surface area (Å²) in [6.07, 6.45) is -1.55. The van der Waals surface area contributed by atoms with E-state index in [1.165, 1.54) is 0 Å². The summed E-state index contributed by atoms with van der Waals surface area (Å²) in [5, 5.41) is 11.2. The molecular weight excluding hydrogens is 388 g/mol. The van der Waals surface area contributed by atoms with Gasteiger partial charge in [0.15, 0.2) is 26.6 Å². The zero-order chi connectivity index (χ0) is 18.9. The van der Waals surface area contributed by atoms with E-state index in [1.54, 1.807) is 32.0 Å². The van der Waals surface area contributed by atoms with Gasteiger partial charge >= 0.3 is 6.16 Å². The van der Waals surface area contributed by atoms with Crippen LogP contribution in [0.15, 0.2) is 18.2 Å². The molecule has 2 N–H and O–H groups in total. The van der Waals surface area contributed by atoms with Crippen LogP contribution in [0.2, 0.25) is 4.34 Å². The molecule has 1 amide bonds. The Balaban J connectivity index is 1.69. The highest BCUT2D eigenvalue weighted by Gasteiger charge is 2.32. The number of anilines is 1. The first-order chi connectivity index (χ1) is 12.2. The normalized spacial score (nSPS) is 12.6. The van der Waals surface area contributed by atoms with E-state index in [1.807, 2.05) is 0 Å². The fraction of sp³-hybridized carbons (Fsp3) is 0.267. The maximum atomic E-state index is 12.5. The van der Waals surface area contributed by atoms with E-state index in [-0.39, 0.29) is 22.1 Å². The SMILES string of the molecule is CC(C)(Oc1ccc2c(c1)OCO2)C(=O)Nc1nc(OC(=O)O)c(Cl)s1. The van der Waals surface area contributed by atoms with Gasteiger partial charge in [-0.2, -0.15) is 4.98 Å². The molecule has 1 aromatic carbocycles. The zero-order valence-corrected chi connectivity index (χ0v) is 15.1. The summed E-state index contributed by atoms with van der Waals surface area (Å²) in [7, 11) is 0. The number of amides is 1. The monoisotopic (exact) mass is 400 g/mol. The van der Waals surface area contributed by atoms with Crippen LogP contribution < -0.4 is 24.3 Å².